The molecule has 1 heterocycles. The van der Waals surface area contributed by atoms with Gasteiger partial charge in [-0.2, -0.15) is 0 Å². The van der Waals surface area contributed by atoms with Gasteiger partial charge in [0, 0.05) is 12.4 Å². The number of ketones is 1. The highest BCUT2D eigenvalue weighted by Crippen LogP contribution is 2.14. The van der Waals surface area contributed by atoms with Crippen LogP contribution < -0.4 is 5.32 Å². The Bertz CT molecular complexity index is 348. The van der Waals surface area contributed by atoms with Crippen LogP contribution in [0, 0.1) is 0 Å². The van der Waals surface area contributed by atoms with Crippen LogP contribution in [0.1, 0.15) is 17.4 Å². The normalized spacial score (nSPS) is 9.57. The number of ether oxygens (including phenoxy) is 1. The van der Waals surface area contributed by atoms with Gasteiger partial charge in [-0.25, -0.2) is 9.78 Å². The van der Waals surface area contributed by atoms with E-state index in [0.29, 0.717) is 5.13 Å². The molecule has 0 aliphatic heterocycles. The minimum atomic E-state index is -0.861. The Morgan fingerprint density at radius 3 is 2.86 bits per heavy atom. The Kier molecular flexibility index (Phi) is 3.58. The van der Waals surface area contributed by atoms with E-state index < -0.39 is 11.8 Å². The van der Waals surface area contributed by atoms with Crippen molar-refractivity contribution in [1.82, 2.24) is 4.98 Å². The number of carbonyl (C=O) groups is 2. The minimum absolute atomic E-state index is 0.123. The molecule has 1 aromatic heterocycles. The second kappa shape index (κ2) is 4.71. The summed E-state index contributed by atoms with van der Waals surface area (Å²) in [6.07, 6.45) is 0. The summed E-state index contributed by atoms with van der Waals surface area (Å²) in [5, 5.41) is 4.89. The van der Waals surface area contributed by atoms with Gasteiger partial charge in [0.15, 0.2) is 5.13 Å². The fourth-order valence-corrected chi connectivity index (χ4v) is 1.45. The van der Waals surface area contributed by atoms with Crippen LogP contribution in [0.15, 0.2) is 5.38 Å². The van der Waals surface area contributed by atoms with E-state index in [1.54, 1.807) is 14.0 Å². The molecule has 0 unspecified atom stereocenters. The van der Waals surface area contributed by atoms with E-state index in [0.717, 1.165) is 0 Å². The second-order valence-corrected chi connectivity index (χ2v) is 3.20. The number of anilines is 1. The number of thiazole rings is 1. The molecular formula is C8H10N2O3S. The minimum Gasteiger partial charge on any atom is -0.460 e. The van der Waals surface area contributed by atoms with Gasteiger partial charge in [-0.05, 0) is 6.92 Å². The quantitative estimate of drug-likeness (QED) is 0.459. The number of nitrogens with one attached hydrogen (secondary N) is 1. The van der Waals surface area contributed by atoms with Gasteiger partial charge in [-0.1, -0.05) is 0 Å². The molecule has 0 fully saturated rings. The summed E-state index contributed by atoms with van der Waals surface area (Å²) in [6, 6.07) is 0. The van der Waals surface area contributed by atoms with E-state index in [1.165, 1.54) is 16.7 Å². The van der Waals surface area contributed by atoms with Crippen LogP contribution in [0.25, 0.3) is 0 Å². The van der Waals surface area contributed by atoms with Crippen LogP contribution in [-0.4, -0.2) is 30.4 Å². The Balaban J connectivity index is 2.74. The van der Waals surface area contributed by atoms with Crippen LogP contribution in [0.2, 0.25) is 0 Å². The zero-order valence-electron chi connectivity index (χ0n) is 7.86. The Morgan fingerprint density at radius 1 is 1.64 bits per heavy atom. The zero-order valence-corrected chi connectivity index (χ0v) is 8.68. The van der Waals surface area contributed by atoms with Gasteiger partial charge >= 0.3 is 5.97 Å². The average molecular weight is 214 g/mol. The highest BCUT2D eigenvalue weighted by molar-refractivity contribution is 7.14. The van der Waals surface area contributed by atoms with Crippen LogP contribution in [-0.2, 0) is 9.53 Å². The summed E-state index contributed by atoms with van der Waals surface area (Å²) in [5.74, 6) is -1.56. The molecule has 14 heavy (non-hydrogen) atoms. The lowest BCUT2D eigenvalue weighted by molar-refractivity contribution is -0.137. The summed E-state index contributed by atoms with van der Waals surface area (Å²) in [6.45, 7) is 1.83. The van der Waals surface area contributed by atoms with Gasteiger partial charge in [0.05, 0.1) is 6.61 Å². The number of aromatic nitrogens is 1. The van der Waals surface area contributed by atoms with Gasteiger partial charge < -0.3 is 10.1 Å². The lowest BCUT2D eigenvalue weighted by atomic mass is 10.3. The number of Topliss-reactive ketones (excluding diaryl/α,β-unsaturated/α-hetero) is 1. The molecule has 0 aliphatic carbocycles. The molecule has 1 rings (SSSR count). The van der Waals surface area contributed by atoms with Crippen molar-refractivity contribution >= 4 is 28.2 Å². The lowest BCUT2D eigenvalue weighted by Gasteiger charge is -1.96. The molecule has 0 aromatic carbocycles. The number of carbonyl (C=O) groups excluding carboxylic acids is 2. The Labute approximate surface area is 85.1 Å². The van der Waals surface area contributed by atoms with Crippen LogP contribution in [0.5, 0.6) is 0 Å². The third-order valence-electron chi connectivity index (χ3n) is 1.41. The number of esters is 1. The highest BCUT2D eigenvalue weighted by Gasteiger charge is 2.20. The first-order valence-corrected chi connectivity index (χ1v) is 4.91. The van der Waals surface area contributed by atoms with Gasteiger partial charge in [0.2, 0.25) is 0 Å². The van der Waals surface area contributed by atoms with Crippen molar-refractivity contribution in [2.75, 3.05) is 19.0 Å². The van der Waals surface area contributed by atoms with Gasteiger partial charge in [-0.15, -0.1) is 11.3 Å². The molecule has 76 valence electrons. The summed E-state index contributed by atoms with van der Waals surface area (Å²) < 4.78 is 4.56. The Morgan fingerprint density at radius 2 is 2.36 bits per heavy atom. The van der Waals surface area contributed by atoms with E-state index in [-0.39, 0.29) is 12.3 Å². The smallest absolute Gasteiger partial charge is 0.381 e. The molecule has 1 N–H and O–H groups in total. The molecule has 0 amide bonds. The van der Waals surface area contributed by atoms with Crippen molar-refractivity contribution in [1.29, 1.82) is 0 Å². The van der Waals surface area contributed by atoms with Gasteiger partial charge in [0.1, 0.15) is 5.69 Å². The molecule has 0 radical (unpaired) electrons. The van der Waals surface area contributed by atoms with E-state index in [9.17, 15) is 9.59 Å². The summed E-state index contributed by atoms with van der Waals surface area (Å²) in [7, 11) is 1.69. The summed E-state index contributed by atoms with van der Waals surface area (Å²) in [4.78, 5) is 26.2. The van der Waals surface area contributed by atoms with Crippen molar-refractivity contribution in [3.05, 3.63) is 11.1 Å². The van der Waals surface area contributed by atoms with Crippen molar-refractivity contribution in [3.63, 3.8) is 0 Å². The topological polar surface area (TPSA) is 68.3 Å². The molecule has 5 nitrogen and oxygen atoms in total. The number of hydrogen-bond acceptors (Lipinski definition) is 6. The monoisotopic (exact) mass is 214 g/mol. The molecule has 6 heteroatoms. The molecule has 0 spiro atoms. The fraction of sp³-hybridized carbons (Fsp3) is 0.375. The first-order chi connectivity index (χ1) is 6.69. The van der Waals surface area contributed by atoms with Gasteiger partial charge in [-0.3, -0.25) is 4.79 Å². The molecule has 0 saturated carbocycles. The number of hydrogen-bond donors (Lipinski definition) is 1. The van der Waals surface area contributed by atoms with Crippen molar-refractivity contribution < 1.29 is 14.3 Å². The lowest BCUT2D eigenvalue weighted by Crippen LogP contribution is -2.17. The van der Waals surface area contributed by atoms with Crippen molar-refractivity contribution in [2.45, 2.75) is 6.92 Å². The summed E-state index contributed by atoms with van der Waals surface area (Å²) in [5.41, 5.74) is 0.123. The maximum absolute atomic E-state index is 11.3. The molecule has 0 aliphatic rings. The molecule has 0 bridgehead atoms. The van der Waals surface area contributed by atoms with Crippen molar-refractivity contribution in [2.24, 2.45) is 0 Å². The Hall–Kier alpha value is -1.43. The first-order valence-electron chi connectivity index (χ1n) is 4.03. The van der Waals surface area contributed by atoms with Crippen LogP contribution in [0.3, 0.4) is 0 Å². The maximum atomic E-state index is 11.3. The van der Waals surface area contributed by atoms with Crippen LogP contribution >= 0.6 is 11.3 Å². The molecule has 0 saturated heterocycles. The fourth-order valence-electron chi connectivity index (χ4n) is 0.794. The van der Waals surface area contributed by atoms with E-state index in [1.807, 2.05) is 0 Å². The molecular weight excluding hydrogens is 204 g/mol. The third kappa shape index (κ3) is 2.29. The predicted molar refractivity (Wildman–Crippen MR) is 52.6 cm³/mol. The zero-order chi connectivity index (χ0) is 10.6. The molecule has 1 aromatic rings. The maximum Gasteiger partial charge on any atom is 0.381 e. The van der Waals surface area contributed by atoms with Crippen molar-refractivity contribution in [3.8, 4) is 0 Å². The SMILES string of the molecule is CCOC(=O)C(=O)c1csc(NC)n1. The first kappa shape index (κ1) is 10.6. The van der Waals surface area contributed by atoms with Gasteiger partial charge in [0.25, 0.3) is 5.78 Å². The van der Waals surface area contributed by atoms with E-state index >= 15 is 0 Å². The predicted octanol–water partition coefficient (Wildman–Crippen LogP) is 0.931. The number of rotatable bonds is 4. The average Bonchev–Trinajstić information content (AvgIpc) is 2.65. The largest absolute Gasteiger partial charge is 0.460 e. The van der Waals surface area contributed by atoms with E-state index in [2.05, 4.69) is 15.0 Å². The third-order valence-corrected chi connectivity index (χ3v) is 2.27. The molecule has 0 atom stereocenters. The number of nitrogens with zero attached hydrogens (tertiary/aromatic N) is 1. The second-order valence-electron chi connectivity index (χ2n) is 2.34. The van der Waals surface area contributed by atoms with E-state index in [4.69, 9.17) is 0 Å². The summed E-state index contributed by atoms with van der Waals surface area (Å²) >= 11 is 1.26. The van der Waals surface area contributed by atoms with Crippen LogP contribution in [0.4, 0.5) is 5.13 Å². The highest BCUT2D eigenvalue weighted by atomic mass is 32.1. The standard InChI is InChI=1S/C8H10N2O3S/c1-3-13-7(12)6(11)5-4-14-8(9-2)10-5/h4H,3H2,1-2H3,(H,9,10).